The molecular formula is C57H72N26O51P12-12. The van der Waals surface area contributed by atoms with Gasteiger partial charge in [0.25, 0.3) is 99.8 Å². The third-order valence-corrected chi connectivity index (χ3v) is 32.6. The molecule has 808 valence electrons. The first-order chi connectivity index (χ1) is 67.7. The van der Waals surface area contributed by atoms with E-state index in [9.17, 15) is 128 Å². The van der Waals surface area contributed by atoms with Crippen LogP contribution in [0.4, 0.5) is 17.5 Å². The van der Waals surface area contributed by atoms with E-state index in [0.717, 1.165) is 4.57 Å². The van der Waals surface area contributed by atoms with E-state index >= 15 is 0 Å². The first-order valence-corrected chi connectivity index (χ1v) is 56.7. The number of Topliss-reactive ketones (excluding diaryl/α,β-unsaturated/α-hetero) is 1. The van der Waals surface area contributed by atoms with Gasteiger partial charge in [0.2, 0.25) is 0 Å². The number of phosphoric acid groups is 12. The summed E-state index contributed by atoms with van der Waals surface area (Å²) in [5.41, 5.74) is 46.1. The molecule has 27 atom stereocenters. The van der Waals surface area contributed by atoms with Crippen LogP contribution in [-0.2, 0) is 150 Å². The van der Waals surface area contributed by atoms with Crippen molar-refractivity contribution in [1.82, 2.24) is 48.8 Å². The first kappa shape index (κ1) is 124. The van der Waals surface area contributed by atoms with Crippen molar-refractivity contribution in [1.29, 1.82) is 5.26 Å². The number of carbonyl (C=O) groups excluding carboxylic acids is 2. The number of nitrogens with one attached hydrogen (secondary N) is 1. The highest BCUT2D eigenvalue weighted by Crippen LogP contribution is 2.65. The Balaban J connectivity index is 0.000000264. The number of hydrogen-bond acceptors (Lipinski definition) is 61. The van der Waals surface area contributed by atoms with E-state index in [0.29, 0.717) is 6.42 Å². The lowest BCUT2D eigenvalue weighted by atomic mass is 10.1. The van der Waals surface area contributed by atoms with E-state index in [1.54, 1.807) is 6.92 Å². The Bertz CT molecular complexity index is 6490. The fourth-order valence-electron chi connectivity index (χ4n) is 12.4. The first-order valence-electron chi connectivity index (χ1n) is 39.1. The normalized spacial score (nSPS) is 26.2. The summed E-state index contributed by atoms with van der Waals surface area (Å²) in [5.74, 6) is 7.36. The van der Waals surface area contributed by atoms with E-state index < -0.39 is 231 Å². The van der Waals surface area contributed by atoms with Crippen LogP contribution in [0.3, 0.4) is 0 Å². The quantitative estimate of drug-likeness (QED) is 0.00843. The van der Waals surface area contributed by atoms with Crippen LogP contribution in [0.2, 0.25) is 0 Å². The third kappa shape index (κ3) is 42.0. The summed E-state index contributed by atoms with van der Waals surface area (Å²) in [6.45, 7) is 2.60. The van der Waals surface area contributed by atoms with Gasteiger partial charge >= 0.3 is 5.69 Å². The number of azide groups is 4. The maximum Gasteiger partial charge on any atom is 0.351 e. The number of phosphoric ester groups is 4. The molecule has 4 aromatic heterocycles. The molecule has 0 saturated carbocycles. The maximum absolute atomic E-state index is 12.2. The van der Waals surface area contributed by atoms with E-state index in [1.165, 1.54) is 64.6 Å². The average molecular weight is 2310 g/mol. The molecule has 0 aromatic carbocycles. The lowest BCUT2D eigenvalue weighted by molar-refractivity contribution is -0.254. The SMILES string of the molecule is C#CCCC(N=[N+]=[N-])OC1C[C@H](n2ccc(N)nc2=O)O[C@@H]1COP(=O)([O-])OP(=O)([O-])OP(=O)([O-])O.C=C1NC(=O)C(C)=CN1[C@H]1CC(OC(CCC#N)N=[N+]=[N-])[C@@H](COP(=O)([O-])OP(=O)([O-])OP(=O)([O-])O)O1.CC#CCCC(N=[N+]=[N-])OC1C[C@H](n2cnc3c(N)ncnc32)O[C@@H]1COP(=O)([O-])OP(=O)([O-])OP(=O)([O-])O.[N-]=[N+]=NCOC1C[C@H](n2cnc3c2N=CCC3=O)O[C@@H]1COP(=O)([O-])OP(=O)([O-])OP(=O)([O-])O. The van der Waals surface area contributed by atoms with Crippen molar-refractivity contribution in [2.75, 3.05) is 44.6 Å². The fraction of sp³-hybridized carbons (Fsp3) is 0.579. The number of ketones is 1. The summed E-state index contributed by atoms with van der Waals surface area (Å²) in [4.78, 5) is 241. The molecule has 0 bridgehead atoms. The van der Waals surface area contributed by atoms with Crippen LogP contribution in [0.5, 0.6) is 0 Å². The largest absolute Gasteiger partial charge is 0.756 e. The zero-order chi connectivity index (χ0) is 109. The van der Waals surface area contributed by atoms with Crippen LogP contribution in [0.25, 0.3) is 52.9 Å². The van der Waals surface area contributed by atoms with Gasteiger partial charge in [-0.3, -0.25) is 78.1 Å². The Morgan fingerprint density at radius 1 is 0.562 bits per heavy atom. The Morgan fingerprint density at radius 3 is 1.38 bits per heavy atom. The minimum atomic E-state index is -6.12. The van der Waals surface area contributed by atoms with Crippen LogP contribution in [0, 0.1) is 35.5 Å². The summed E-state index contributed by atoms with van der Waals surface area (Å²) >= 11 is 0. The highest BCUT2D eigenvalue weighted by molar-refractivity contribution is 7.67. The van der Waals surface area contributed by atoms with Gasteiger partial charge < -0.3 is 156 Å². The number of fused-ring (bicyclic) bond motifs is 2. The molecule has 9 N–H and O–H groups in total. The van der Waals surface area contributed by atoms with Crippen molar-refractivity contribution in [2.24, 2.45) is 25.4 Å². The molecule has 10 heterocycles. The molecule has 0 aliphatic carbocycles. The Labute approximate surface area is 814 Å². The second-order valence-electron chi connectivity index (χ2n) is 28.2. The molecule has 10 rings (SSSR count). The van der Waals surface area contributed by atoms with Crippen LogP contribution in [-0.4, -0.2) is 188 Å². The zero-order valence-corrected chi connectivity index (χ0v) is 83.8. The van der Waals surface area contributed by atoms with Gasteiger partial charge in [-0.2, -0.15) is 10.2 Å². The Kier molecular flexibility index (Phi) is 46.0. The molecule has 6 aliphatic heterocycles. The van der Waals surface area contributed by atoms with Gasteiger partial charge in [-0.15, -0.1) is 24.2 Å². The number of aliphatic imine (C=N–C) groups is 1. The Hall–Kier alpha value is -8.50. The lowest BCUT2D eigenvalue weighted by Gasteiger charge is -2.34. The molecule has 146 heavy (non-hydrogen) atoms. The highest BCUT2D eigenvalue weighted by atomic mass is 31.3. The second kappa shape index (κ2) is 54.0. The minimum Gasteiger partial charge on any atom is -0.756 e. The number of carbonyl (C=O) groups is 2. The monoisotopic (exact) mass is 2310 g/mol. The summed E-state index contributed by atoms with van der Waals surface area (Å²) in [6, 6.07) is 3.12. The number of nitrogens with zero attached hydrogens (tertiary/aromatic N) is 23. The molecule has 0 radical (unpaired) electrons. The number of ether oxygens (including phenoxy) is 8. The van der Waals surface area contributed by atoms with E-state index in [-0.39, 0.29) is 116 Å². The Morgan fingerprint density at radius 2 is 0.966 bits per heavy atom. The van der Waals surface area contributed by atoms with Gasteiger partial charge in [0.15, 0.2) is 28.8 Å². The van der Waals surface area contributed by atoms with Gasteiger partial charge in [0, 0.05) is 95.2 Å². The molecule has 4 fully saturated rings. The standard InChI is InChI=1S/C16H23N8O12P3.C15H23N6O13P3.C14H21N6O13P3.C12H17N6O13P3/c1-2-3-4-5-12(22-23-18)33-10-6-13(24-9-21-14-15(17)19-8-20-16(14)24)34-11(10)7-32-38(28,29)36-39(30,31)35-37(25,26)27;1-9-7-21(10(2)18-15(9)22)14-6-11(31-13(19-20-17)4-3-5-16)12(32-14)8-30-36(26,27)34-37(28,29)33-35(23,24)25;1-2-3-4-12(18-19-16)30-9-7-13(20-6-5-11(15)17-14(20)21)31-10(9)8-29-35(25,26)33-36(27,28)32-34(22,23)24;13-17-16-6-27-8-3-10(18-5-15-11-7(19)1-2-14-12(11)18)29-9(8)4-28-33(23,24)31-34(25,26)30-32(20,21)22/h8-13H,4-7H2,1H3,(H,28,29)(H,30,31)(H2,17,19,20)(H2,25,26,27);7,11-14H,2-4,6,8H2,1H3,(H,18,22)(H,26,27)(H,28,29)(H2,23,24,25);1,5-6,9-10,12-13H,3-4,7-8H2,(H,25,26)(H,27,28)(H2,15,17,21)(H2,22,23,24);2,5,8-10H,1,3-4,6H2,(H,23,24)(H,25,26)(H2,20,21,22)/p-12/t10?,11-,12?,13-;11?,12-,13?,14-;9?,10-,12?,13-;8?,9-,10-/m1111/s1. The summed E-state index contributed by atoms with van der Waals surface area (Å²) in [5, 5.41) is 24.9. The van der Waals surface area contributed by atoms with E-state index in [2.05, 4.69) is 152 Å². The number of amides is 1. The van der Waals surface area contributed by atoms with Gasteiger partial charge in [-0.05, 0) is 61.3 Å². The summed E-state index contributed by atoms with van der Waals surface area (Å²) in [7, 11) is -71.2. The molecule has 4 saturated heterocycles. The minimum absolute atomic E-state index is 0.0113. The third-order valence-electron chi connectivity index (χ3n) is 17.9. The van der Waals surface area contributed by atoms with Gasteiger partial charge in [-0.1, -0.05) is 27.0 Å². The predicted octanol–water partition coefficient (Wildman–Crippen LogP) is -1.80. The molecule has 89 heteroatoms. The number of aromatic nitrogens is 8. The van der Waals surface area contributed by atoms with Crippen LogP contribution in [0.15, 0.2) is 85.7 Å². The smallest absolute Gasteiger partial charge is 0.351 e. The molecule has 6 aliphatic rings. The van der Waals surface area contributed by atoms with E-state index in [4.69, 9.17) is 103 Å². The van der Waals surface area contributed by atoms with Crippen LogP contribution < -0.4 is 81.2 Å². The topological polar surface area (TPSA) is 1180 Å². The molecule has 19 unspecified atom stereocenters. The number of nitriles is 1. The van der Waals surface area contributed by atoms with Crippen molar-refractivity contribution in [3.8, 4) is 30.3 Å². The number of anilines is 2. The summed E-state index contributed by atoms with van der Waals surface area (Å²) in [6.07, 6.45) is -2.99. The van der Waals surface area contributed by atoms with Crippen molar-refractivity contribution in [2.45, 2.75) is 177 Å². The molecule has 0 spiro atoms. The molecule has 1 amide bonds. The number of imidazole rings is 2. The zero-order valence-electron chi connectivity index (χ0n) is 73.1. The lowest BCUT2D eigenvalue weighted by Crippen LogP contribution is -2.42. The highest BCUT2D eigenvalue weighted by Gasteiger charge is 2.47. The summed E-state index contributed by atoms with van der Waals surface area (Å²) < 4.78 is 230. The van der Waals surface area contributed by atoms with Crippen molar-refractivity contribution >= 4 is 140 Å². The van der Waals surface area contributed by atoms with Crippen LogP contribution in [0.1, 0.15) is 114 Å². The predicted molar refractivity (Wildman–Crippen MR) is 444 cm³/mol. The number of rotatable bonds is 50. The number of terminal acetylenes is 1. The van der Waals surface area contributed by atoms with Crippen molar-refractivity contribution in [3.05, 3.63) is 113 Å². The van der Waals surface area contributed by atoms with Gasteiger partial charge in [0.1, 0.15) is 98.2 Å². The second-order valence-corrected chi connectivity index (χ2v) is 45.4. The number of nitrogen functional groups attached to an aromatic ring is 2. The molecule has 77 nitrogen and oxygen atoms in total. The van der Waals surface area contributed by atoms with Gasteiger partial charge in [-0.25, -0.2) is 64.2 Å². The fourth-order valence-corrected chi connectivity index (χ4v) is 24.0. The number of nitrogens with two attached hydrogens (primary N) is 2. The van der Waals surface area contributed by atoms with E-state index in [1.807, 2.05) is 6.07 Å². The molecule has 4 aromatic rings. The number of hydrogen-bond donors (Lipinski definition) is 7. The van der Waals surface area contributed by atoms with Crippen molar-refractivity contribution in [3.63, 3.8) is 0 Å². The van der Waals surface area contributed by atoms with Crippen LogP contribution >= 0.6 is 93.9 Å². The average Bonchev–Trinajstić information content (AvgIpc) is 1.63. The van der Waals surface area contributed by atoms with Gasteiger partial charge in [0.05, 0.1) is 69.6 Å². The van der Waals surface area contributed by atoms with Crippen molar-refractivity contribution < 1.29 is 233 Å². The maximum atomic E-state index is 12.2. The molecular weight excluding hydrogens is 2240 g/mol.